The average molecular weight is 287 g/mol. The number of phenolic OH excluding ortho intramolecular Hbond substituents is 1. The summed E-state index contributed by atoms with van der Waals surface area (Å²) in [6.45, 7) is 3.62. The number of hydrogen-bond donors (Lipinski definition) is 1. The van der Waals surface area contributed by atoms with E-state index in [1.807, 2.05) is 12.1 Å². The molecule has 0 aromatic heterocycles. The Morgan fingerprint density at radius 2 is 2.10 bits per heavy atom. The van der Waals surface area contributed by atoms with Gasteiger partial charge in [-0.1, -0.05) is 18.2 Å². The van der Waals surface area contributed by atoms with E-state index in [0.29, 0.717) is 24.3 Å². The standard InChI is InChI=1S/C17H18FNO2/c1-2-19-11-14(9-12-5-3-4-6-15(12)18)21-17-10-13(20)7-8-16(17)19/h3-8,10,14,20H,2,9,11H2,1H3. The molecule has 0 saturated heterocycles. The van der Waals surface area contributed by atoms with E-state index in [0.717, 1.165) is 12.2 Å². The molecule has 1 atom stereocenters. The summed E-state index contributed by atoms with van der Waals surface area (Å²) < 4.78 is 19.7. The van der Waals surface area contributed by atoms with E-state index in [1.54, 1.807) is 24.3 Å². The number of ether oxygens (including phenoxy) is 1. The van der Waals surface area contributed by atoms with Gasteiger partial charge in [-0.25, -0.2) is 4.39 Å². The van der Waals surface area contributed by atoms with Crippen LogP contribution < -0.4 is 9.64 Å². The number of phenols is 1. The first-order valence-corrected chi connectivity index (χ1v) is 7.15. The molecule has 1 aliphatic rings. The number of halogens is 1. The summed E-state index contributed by atoms with van der Waals surface area (Å²) in [6, 6.07) is 11.9. The van der Waals surface area contributed by atoms with Gasteiger partial charge in [0.2, 0.25) is 0 Å². The molecule has 3 nitrogen and oxygen atoms in total. The van der Waals surface area contributed by atoms with Crippen molar-refractivity contribution in [2.75, 3.05) is 18.0 Å². The number of fused-ring (bicyclic) bond motifs is 1. The van der Waals surface area contributed by atoms with E-state index < -0.39 is 0 Å². The van der Waals surface area contributed by atoms with E-state index in [4.69, 9.17) is 4.74 Å². The van der Waals surface area contributed by atoms with Crippen LogP contribution in [0.15, 0.2) is 42.5 Å². The number of rotatable bonds is 3. The monoisotopic (exact) mass is 287 g/mol. The molecule has 4 heteroatoms. The fraction of sp³-hybridized carbons (Fsp3) is 0.294. The van der Waals surface area contributed by atoms with Gasteiger partial charge in [-0.05, 0) is 30.7 Å². The Hall–Kier alpha value is -2.23. The van der Waals surface area contributed by atoms with Crippen LogP contribution in [0.1, 0.15) is 12.5 Å². The fourth-order valence-electron chi connectivity index (χ4n) is 2.73. The molecule has 3 rings (SSSR count). The van der Waals surface area contributed by atoms with Crippen molar-refractivity contribution < 1.29 is 14.2 Å². The molecule has 2 aromatic rings. The Kier molecular flexibility index (Phi) is 3.69. The molecular weight excluding hydrogens is 269 g/mol. The van der Waals surface area contributed by atoms with Crippen LogP contribution in [0.2, 0.25) is 0 Å². The summed E-state index contributed by atoms with van der Waals surface area (Å²) in [5, 5.41) is 9.61. The van der Waals surface area contributed by atoms with Crippen molar-refractivity contribution in [1.29, 1.82) is 0 Å². The Balaban J connectivity index is 1.85. The average Bonchev–Trinajstić information content (AvgIpc) is 2.48. The summed E-state index contributed by atoms with van der Waals surface area (Å²) in [5.74, 6) is 0.631. The highest BCUT2D eigenvalue weighted by Crippen LogP contribution is 2.36. The zero-order chi connectivity index (χ0) is 14.8. The lowest BCUT2D eigenvalue weighted by atomic mass is 10.0. The zero-order valence-electron chi connectivity index (χ0n) is 11.9. The molecule has 1 heterocycles. The Morgan fingerprint density at radius 3 is 2.86 bits per heavy atom. The minimum atomic E-state index is -0.203. The van der Waals surface area contributed by atoms with Crippen LogP contribution in [0, 0.1) is 5.82 Å². The maximum absolute atomic E-state index is 13.8. The summed E-state index contributed by atoms with van der Waals surface area (Å²) in [4.78, 5) is 2.18. The van der Waals surface area contributed by atoms with Crippen molar-refractivity contribution in [3.8, 4) is 11.5 Å². The van der Waals surface area contributed by atoms with Gasteiger partial charge < -0.3 is 14.7 Å². The second-order valence-electron chi connectivity index (χ2n) is 5.23. The summed E-state index contributed by atoms with van der Waals surface area (Å²) >= 11 is 0. The number of aromatic hydroxyl groups is 1. The third-order valence-corrected chi connectivity index (χ3v) is 3.79. The predicted octanol–water partition coefficient (Wildman–Crippen LogP) is 3.36. The third kappa shape index (κ3) is 2.79. The van der Waals surface area contributed by atoms with Gasteiger partial charge in [0.05, 0.1) is 12.2 Å². The minimum Gasteiger partial charge on any atom is -0.508 e. The third-order valence-electron chi connectivity index (χ3n) is 3.79. The van der Waals surface area contributed by atoms with Crippen molar-refractivity contribution in [3.05, 3.63) is 53.8 Å². The van der Waals surface area contributed by atoms with E-state index in [2.05, 4.69) is 11.8 Å². The number of hydrogen-bond acceptors (Lipinski definition) is 3. The maximum Gasteiger partial charge on any atom is 0.146 e. The van der Waals surface area contributed by atoms with Crippen LogP contribution in [0.3, 0.4) is 0 Å². The first kappa shape index (κ1) is 13.7. The number of likely N-dealkylation sites (N-methyl/N-ethyl adjacent to an activating group) is 1. The molecule has 0 bridgehead atoms. The SMILES string of the molecule is CCN1CC(Cc2ccccc2F)Oc2cc(O)ccc21. The van der Waals surface area contributed by atoms with Gasteiger partial charge in [-0.2, -0.15) is 0 Å². The Morgan fingerprint density at radius 1 is 1.29 bits per heavy atom. The Labute approximate surface area is 123 Å². The van der Waals surface area contributed by atoms with Crippen molar-refractivity contribution >= 4 is 5.69 Å². The van der Waals surface area contributed by atoms with Gasteiger partial charge in [0.15, 0.2) is 0 Å². The van der Waals surface area contributed by atoms with Crippen LogP contribution in [0.25, 0.3) is 0 Å². The molecule has 0 amide bonds. The molecule has 1 unspecified atom stereocenters. The molecule has 0 fully saturated rings. The molecule has 1 N–H and O–H groups in total. The quantitative estimate of drug-likeness (QED) is 0.939. The van der Waals surface area contributed by atoms with Crippen molar-refractivity contribution in [3.63, 3.8) is 0 Å². The summed E-state index contributed by atoms with van der Waals surface area (Å²) in [7, 11) is 0. The summed E-state index contributed by atoms with van der Waals surface area (Å²) in [5.41, 5.74) is 1.63. The lowest BCUT2D eigenvalue weighted by molar-refractivity contribution is 0.192. The smallest absolute Gasteiger partial charge is 0.146 e. The Bertz CT molecular complexity index is 644. The van der Waals surface area contributed by atoms with E-state index in [-0.39, 0.29) is 17.7 Å². The number of anilines is 1. The second kappa shape index (κ2) is 5.64. The second-order valence-corrected chi connectivity index (χ2v) is 5.23. The largest absolute Gasteiger partial charge is 0.508 e. The maximum atomic E-state index is 13.8. The van der Waals surface area contributed by atoms with Crippen LogP contribution in [-0.4, -0.2) is 24.3 Å². The zero-order valence-corrected chi connectivity index (χ0v) is 11.9. The predicted molar refractivity (Wildman–Crippen MR) is 80.5 cm³/mol. The van der Waals surface area contributed by atoms with Crippen LogP contribution in [0.5, 0.6) is 11.5 Å². The van der Waals surface area contributed by atoms with Gasteiger partial charge in [0, 0.05) is 19.0 Å². The molecule has 0 aliphatic carbocycles. The molecule has 110 valence electrons. The lowest BCUT2D eigenvalue weighted by Gasteiger charge is -2.35. The number of benzene rings is 2. The molecule has 2 aromatic carbocycles. The fourth-order valence-corrected chi connectivity index (χ4v) is 2.73. The first-order chi connectivity index (χ1) is 10.2. The molecular formula is C17H18FNO2. The highest BCUT2D eigenvalue weighted by molar-refractivity contribution is 5.62. The van der Waals surface area contributed by atoms with Crippen LogP contribution >= 0.6 is 0 Å². The van der Waals surface area contributed by atoms with E-state index >= 15 is 0 Å². The van der Waals surface area contributed by atoms with Crippen molar-refractivity contribution in [2.45, 2.75) is 19.4 Å². The highest BCUT2D eigenvalue weighted by atomic mass is 19.1. The van der Waals surface area contributed by atoms with E-state index in [9.17, 15) is 9.50 Å². The molecule has 21 heavy (non-hydrogen) atoms. The van der Waals surface area contributed by atoms with E-state index in [1.165, 1.54) is 6.07 Å². The number of nitrogens with zero attached hydrogens (tertiary/aromatic N) is 1. The van der Waals surface area contributed by atoms with Gasteiger partial charge in [-0.15, -0.1) is 0 Å². The van der Waals surface area contributed by atoms with Gasteiger partial charge in [0.25, 0.3) is 0 Å². The van der Waals surface area contributed by atoms with Crippen LogP contribution in [0.4, 0.5) is 10.1 Å². The normalized spacial score (nSPS) is 17.2. The van der Waals surface area contributed by atoms with Crippen molar-refractivity contribution in [1.82, 2.24) is 0 Å². The lowest BCUT2D eigenvalue weighted by Crippen LogP contribution is -2.41. The van der Waals surface area contributed by atoms with Gasteiger partial charge in [0.1, 0.15) is 23.4 Å². The summed E-state index contributed by atoms with van der Waals surface area (Å²) in [6.07, 6.45) is 0.384. The topological polar surface area (TPSA) is 32.7 Å². The van der Waals surface area contributed by atoms with Crippen molar-refractivity contribution in [2.24, 2.45) is 0 Å². The van der Waals surface area contributed by atoms with Gasteiger partial charge >= 0.3 is 0 Å². The van der Waals surface area contributed by atoms with Crippen LogP contribution in [-0.2, 0) is 6.42 Å². The minimum absolute atomic E-state index is 0.129. The molecule has 0 radical (unpaired) electrons. The molecule has 0 saturated carbocycles. The molecule has 1 aliphatic heterocycles. The highest BCUT2D eigenvalue weighted by Gasteiger charge is 2.26. The molecule has 0 spiro atoms. The van der Waals surface area contributed by atoms with Gasteiger partial charge in [-0.3, -0.25) is 0 Å². The first-order valence-electron chi connectivity index (χ1n) is 7.15.